The van der Waals surface area contributed by atoms with E-state index in [0.717, 1.165) is 0 Å². The van der Waals surface area contributed by atoms with Gasteiger partial charge in [-0.2, -0.15) is 0 Å². The van der Waals surface area contributed by atoms with Gasteiger partial charge in [-0.3, -0.25) is 14.5 Å². The molecule has 112 valence electrons. The van der Waals surface area contributed by atoms with E-state index in [-0.39, 0.29) is 5.91 Å². The first-order valence-corrected chi connectivity index (χ1v) is 7.30. The Morgan fingerprint density at radius 3 is 2.05 bits per heavy atom. The normalized spacial score (nSPS) is 35.0. The Balaban J connectivity index is 2.10. The van der Waals surface area contributed by atoms with E-state index in [0.29, 0.717) is 38.0 Å². The van der Waals surface area contributed by atoms with Crippen molar-refractivity contribution in [2.24, 2.45) is 11.8 Å². The number of carbonyl (C=O) groups excluding carboxylic acids is 1. The summed E-state index contributed by atoms with van der Waals surface area (Å²) in [5.74, 6) is -1.82. The van der Waals surface area contributed by atoms with Gasteiger partial charge in [0.25, 0.3) is 0 Å². The molecule has 0 aromatic rings. The van der Waals surface area contributed by atoms with Crippen LogP contribution in [0.5, 0.6) is 0 Å². The zero-order valence-corrected chi connectivity index (χ0v) is 12.5. The molecule has 0 aromatic heterocycles. The lowest BCUT2D eigenvalue weighted by molar-refractivity contribution is -0.152. The first-order valence-electron chi connectivity index (χ1n) is 7.30. The summed E-state index contributed by atoms with van der Waals surface area (Å²) in [5, 5.41) is 9.29. The number of aliphatic carboxylic acids is 1. The molecular formula is C15H24N2O3. The lowest BCUT2D eigenvalue weighted by Gasteiger charge is -2.44. The molecule has 0 radical (unpaired) electrons. The third kappa shape index (κ3) is 2.87. The molecule has 2 rings (SSSR count). The van der Waals surface area contributed by atoms with Crippen molar-refractivity contribution in [2.75, 3.05) is 20.1 Å². The monoisotopic (exact) mass is 280 g/mol. The Kier molecular flexibility index (Phi) is 4.48. The van der Waals surface area contributed by atoms with E-state index in [1.807, 2.05) is 17.1 Å². The molecule has 0 bridgehead atoms. The second-order valence-corrected chi connectivity index (χ2v) is 6.10. The van der Waals surface area contributed by atoms with Gasteiger partial charge in [0.1, 0.15) is 0 Å². The minimum atomic E-state index is -0.858. The van der Waals surface area contributed by atoms with Gasteiger partial charge in [-0.15, -0.1) is 0 Å². The molecule has 1 fully saturated rings. The molecule has 1 aliphatic carbocycles. The van der Waals surface area contributed by atoms with E-state index >= 15 is 0 Å². The first-order chi connectivity index (χ1) is 9.41. The predicted octanol–water partition coefficient (Wildman–Crippen LogP) is 1.20. The van der Waals surface area contributed by atoms with Crippen LogP contribution in [-0.4, -0.2) is 59.0 Å². The highest BCUT2D eigenvalue weighted by Gasteiger charge is 2.38. The minimum Gasteiger partial charge on any atom is -0.481 e. The van der Waals surface area contributed by atoms with Gasteiger partial charge in [-0.25, -0.2) is 0 Å². The van der Waals surface area contributed by atoms with Crippen LogP contribution in [0.1, 0.15) is 26.7 Å². The third-order valence-electron chi connectivity index (χ3n) is 4.74. The van der Waals surface area contributed by atoms with Crippen LogP contribution in [0.25, 0.3) is 0 Å². The summed E-state index contributed by atoms with van der Waals surface area (Å²) in [6.45, 7) is 5.58. The van der Waals surface area contributed by atoms with Crippen molar-refractivity contribution in [3.05, 3.63) is 12.2 Å². The number of rotatable bonds is 2. The number of hydrogen-bond acceptors (Lipinski definition) is 3. The molecular weight excluding hydrogens is 256 g/mol. The third-order valence-corrected chi connectivity index (χ3v) is 4.74. The van der Waals surface area contributed by atoms with Crippen LogP contribution in [0, 0.1) is 11.8 Å². The highest BCUT2D eigenvalue weighted by molar-refractivity contribution is 5.85. The van der Waals surface area contributed by atoms with Crippen molar-refractivity contribution in [1.29, 1.82) is 0 Å². The van der Waals surface area contributed by atoms with Crippen molar-refractivity contribution < 1.29 is 14.7 Å². The summed E-state index contributed by atoms with van der Waals surface area (Å²) < 4.78 is 0. The molecule has 0 aromatic carbocycles. The van der Waals surface area contributed by atoms with Gasteiger partial charge in [-0.05, 0) is 33.7 Å². The maximum atomic E-state index is 12.7. The van der Waals surface area contributed by atoms with Crippen molar-refractivity contribution in [3.8, 4) is 0 Å². The quantitative estimate of drug-likeness (QED) is 0.772. The summed E-state index contributed by atoms with van der Waals surface area (Å²) in [5.41, 5.74) is 0. The van der Waals surface area contributed by atoms with Gasteiger partial charge in [0.15, 0.2) is 0 Å². The second-order valence-electron chi connectivity index (χ2n) is 6.10. The van der Waals surface area contributed by atoms with E-state index in [1.165, 1.54) is 0 Å². The number of piperazine rings is 1. The van der Waals surface area contributed by atoms with E-state index in [4.69, 9.17) is 0 Å². The molecule has 2 unspecified atom stereocenters. The molecule has 1 heterocycles. The Hall–Kier alpha value is -1.36. The maximum absolute atomic E-state index is 12.7. The SMILES string of the molecule is CC1CN(C(=O)[C@@H]2CC=CC[C@@H]2C(=O)O)CC(C)N1C. The summed E-state index contributed by atoms with van der Waals surface area (Å²) in [7, 11) is 2.07. The van der Waals surface area contributed by atoms with Gasteiger partial charge in [0.05, 0.1) is 11.8 Å². The standard InChI is InChI=1S/C15H24N2O3/c1-10-8-17(9-11(2)16(10)3)14(18)12-6-4-5-7-13(12)15(19)20/h4-5,10-13H,6-9H2,1-3H3,(H,19,20)/t10?,11?,12-,13+/m1/s1. The van der Waals surface area contributed by atoms with Gasteiger partial charge in [-0.1, -0.05) is 12.2 Å². The molecule has 5 heteroatoms. The summed E-state index contributed by atoms with van der Waals surface area (Å²) in [6, 6.07) is 0.621. The maximum Gasteiger partial charge on any atom is 0.307 e. The van der Waals surface area contributed by atoms with E-state index in [2.05, 4.69) is 25.8 Å². The fraction of sp³-hybridized carbons (Fsp3) is 0.733. The highest BCUT2D eigenvalue weighted by Crippen LogP contribution is 2.29. The van der Waals surface area contributed by atoms with Crippen molar-refractivity contribution in [2.45, 2.75) is 38.8 Å². The predicted molar refractivity (Wildman–Crippen MR) is 76.3 cm³/mol. The fourth-order valence-electron chi connectivity index (χ4n) is 3.18. The Bertz CT molecular complexity index is 409. The molecule has 0 spiro atoms. The molecule has 20 heavy (non-hydrogen) atoms. The van der Waals surface area contributed by atoms with Crippen LogP contribution in [-0.2, 0) is 9.59 Å². The smallest absolute Gasteiger partial charge is 0.307 e. The molecule has 0 saturated carbocycles. The number of carbonyl (C=O) groups is 2. The zero-order valence-electron chi connectivity index (χ0n) is 12.5. The molecule has 5 nitrogen and oxygen atoms in total. The zero-order chi connectivity index (χ0) is 14.9. The van der Waals surface area contributed by atoms with E-state index < -0.39 is 17.8 Å². The van der Waals surface area contributed by atoms with Gasteiger partial charge >= 0.3 is 5.97 Å². The van der Waals surface area contributed by atoms with Crippen LogP contribution < -0.4 is 0 Å². The number of hydrogen-bond donors (Lipinski definition) is 1. The summed E-state index contributed by atoms with van der Waals surface area (Å²) in [6.07, 6.45) is 4.82. The van der Waals surface area contributed by atoms with Crippen LogP contribution in [0.2, 0.25) is 0 Å². The number of allylic oxidation sites excluding steroid dienone is 2. The van der Waals surface area contributed by atoms with Gasteiger partial charge in [0.2, 0.25) is 5.91 Å². The average Bonchev–Trinajstić information content (AvgIpc) is 2.43. The van der Waals surface area contributed by atoms with Crippen LogP contribution >= 0.6 is 0 Å². The molecule has 1 saturated heterocycles. The Morgan fingerprint density at radius 1 is 1.05 bits per heavy atom. The molecule has 4 atom stereocenters. The first kappa shape index (κ1) is 15.0. The van der Waals surface area contributed by atoms with Gasteiger partial charge in [0, 0.05) is 25.2 Å². The van der Waals surface area contributed by atoms with Crippen molar-refractivity contribution in [1.82, 2.24) is 9.80 Å². The fourth-order valence-corrected chi connectivity index (χ4v) is 3.18. The minimum absolute atomic E-state index is 0.00792. The van der Waals surface area contributed by atoms with Crippen molar-refractivity contribution >= 4 is 11.9 Å². The molecule has 2 aliphatic rings. The summed E-state index contributed by atoms with van der Waals surface area (Å²) in [4.78, 5) is 28.1. The summed E-state index contributed by atoms with van der Waals surface area (Å²) >= 11 is 0. The number of likely N-dealkylation sites (N-methyl/N-ethyl adjacent to an activating group) is 1. The Labute approximate surface area is 120 Å². The number of carboxylic acids is 1. The molecule has 1 amide bonds. The Morgan fingerprint density at radius 2 is 1.55 bits per heavy atom. The lowest BCUT2D eigenvalue weighted by atomic mass is 9.82. The average molecular weight is 280 g/mol. The van der Waals surface area contributed by atoms with Crippen LogP contribution in [0.4, 0.5) is 0 Å². The number of amides is 1. The van der Waals surface area contributed by atoms with Crippen molar-refractivity contribution in [3.63, 3.8) is 0 Å². The molecule has 1 N–H and O–H groups in total. The number of nitrogens with zero attached hydrogens (tertiary/aromatic N) is 2. The van der Waals surface area contributed by atoms with Crippen LogP contribution in [0.3, 0.4) is 0 Å². The van der Waals surface area contributed by atoms with E-state index in [9.17, 15) is 14.7 Å². The van der Waals surface area contributed by atoms with E-state index in [1.54, 1.807) is 0 Å². The number of carboxylic acid groups (broad SMARTS) is 1. The van der Waals surface area contributed by atoms with Gasteiger partial charge < -0.3 is 10.0 Å². The molecule has 1 aliphatic heterocycles. The highest BCUT2D eigenvalue weighted by atomic mass is 16.4. The topological polar surface area (TPSA) is 60.9 Å². The largest absolute Gasteiger partial charge is 0.481 e. The lowest BCUT2D eigenvalue weighted by Crippen LogP contribution is -2.58. The second kappa shape index (κ2) is 5.95. The van der Waals surface area contributed by atoms with Crippen LogP contribution in [0.15, 0.2) is 12.2 Å².